The molecular formula is C24H26N6O2. The first-order valence-corrected chi connectivity index (χ1v) is 10.6. The number of nitrogens with two attached hydrogens (primary N) is 1. The van der Waals surface area contributed by atoms with Gasteiger partial charge in [-0.05, 0) is 50.1 Å². The molecule has 32 heavy (non-hydrogen) atoms. The van der Waals surface area contributed by atoms with Crippen molar-refractivity contribution in [2.75, 3.05) is 37.7 Å². The minimum Gasteiger partial charge on any atom is -0.456 e. The fraction of sp³-hybridized carbons (Fsp3) is 0.333. The van der Waals surface area contributed by atoms with Gasteiger partial charge < -0.3 is 20.1 Å². The average Bonchev–Trinajstić information content (AvgIpc) is 2.81. The Bertz CT molecular complexity index is 1130. The minimum absolute atomic E-state index is 0.525. The summed E-state index contributed by atoms with van der Waals surface area (Å²) in [7, 11) is 0. The van der Waals surface area contributed by atoms with Crippen molar-refractivity contribution in [2.24, 2.45) is 5.73 Å². The van der Waals surface area contributed by atoms with Crippen molar-refractivity contribution >= 4 is 5.82 Å². The normalized spacial score (nSPS) is 13.6. The molecule has 1 aliphatic heterocycles. The monoisotopic (exact) mass is 430 g/mol. The fourth-order valence-electron chi connectivity index (χ4n) is 3.62. The second kappa shape index (κ2) is 9.73. The lowest BCUT2D eigenvalue weighted by molar-refractivity contribution is 0.122. The Morgan fingerprint density at radius 3 is 2.56 bits per heavy atom. The highest BCUT2D eigenvalue weighted by molar-refractivity contribution is 5.68. The van der Waals surface area contributed by atoms with Crippen molar-refractivity contribution in [3.8, 4) is 29.0 Å². The number of ether oxygens (including phenoxy) is 2. The van der Waals surface area contributed by atoms with Crippen molar-refractivity contribution in [2.45, 2.75) is 20.3 Å². The number of benzene rings is 1. The third-order valence-corrected chi connectivity index (χ3v) is 5.30. The molecular weight excluding hydrogens is 404 g/mol. The molecule has 3 heterocycles. The van der Waals surface area contributed by atoms with Crippen LogP contribution >= 0.6 is 0 Å². The van der Waals surface area contributed by atoms with E-state index in [0.717, 1.165) is 47.7 Å². The van der Waals surface area contributed by atoms with Crippen LogP contribution in [0, 0.1) is 25.2 Å². The summed E-state index contributed by atoms with van der Waals surface area (Å²) in [5, 5.41) is 9.55. The highest BCUT2D eigenvalue weighted by Crippen LogP contribution is 2.35. The van der Waals surface area contributed by atoms with E-state index in [-0.39, 0.29) is 0 Å². The van der Waals surface area contributed by atoms with Gasteiger partial charge in [-0.15, -0.1) is 0 Å². The third kappa shape index (κ3) is 4.85. The zero-order chi connectivity index (χ0) is 22.5. The summed E-state index contributed by atoms with van der Waals surface area (Å²) in [5.41, 5.74) is 9.56. The lowest BCUT2D eigenvalue weighted by Crippen LogP contribution is -2.36. The molecule has 8 nitrogen and oxygen atoms in total. The zero-order valence-corrected chi connectivity index (χ0v) is 18.3. The molecule has 2 aromatic heterocycles. The van der Waals surface area contributed by atoms with Gasteiger partial charge in [-0.2, -0.15) is 5.26 Å². The molecule has 8 heteroatoms. The molecule has 164 valence electrons. The molecule has 1 fully saturated rings. The molecule has 0 amide bonds. The summed E-state index contributed by atoms with van der Waals surface area (Å²) in [6.07, 6.45) is 4.27. The Balaban J connectivity index is 1.71. The van der Waals surface area contributed by atoms with E-state index in [4.69, 9.17) is 15.2 Å². The number of morpholine rings is 1. The number of aryl methyl sites for hydroxylation is 2. The number of aromatic nitrogens is 3. The first kappa shape index (κ1) is 21.7. The molecule has 0 saturated carbocycles. The molecule has 1 aromatic carbocycles. The molecule has 0 atom stereocenters. The van der Waals surface area contributed by atoms with Gasteiger partial charge in [0, 0.05) is 43.3 Å². The van der Waals surface area contributed by atoms with Gasteiger partial charge >= 0.3 is 0 Å². The molecule has 1 saturated heterocycles. The van der Waals surface area contributed by atoms with Gasteiger partial charge in [0.05, 0.1) is 30.4 Å². The van der Waals surface area contributed by atoms with Gasteiger partial charge in [0.25, 0.3) is 0 Å². The summed E-state index contributed by atoms with van der Waals surface area (Å²) in [6.45, 7) is 7.29. The van der Waals surface area contributed by atoms with Crippen LogP contribution in [0.2, 0.25) is 0 Å². The Morgan fingerprint density at radius 1 is 1.12 bits per heavy atom. The van der Waals surface area contributed by atoms with Gasteiger partial charge in [0.1, 0.15) is 17.3 Å². The van der Waals surface area contributed by atoms with Crippen molar-refractivity contribution in [3.63, 3.8) is 0 Å². The van der Waals surface area contributed by atoms with Crippen molar-refractivity contribution in [1.29, 1.82) is 5.26 Å². The highest BCUT2D eigenvalue weighted by Gasteiger charge is 2.17. The summed E-state index contributed by atoms with van der Waals surface area (Å²) in [6, 6.07) is 9.66. The molecule has 0 unspecified atom stereocenters. The molecule has 0 bridgehead atoms. The average molecular weight is 431 g/mol. The van der Waals surface area contributed by atoms with E-state index in [9.17, 15) is 5.26 Å². The van der Waals surface area contributed by atoms with Crippen LogP contribution in [-0.4, -0.2) is 47.8 Å². The van der Waals surface area contributed by atoms with E-state index in [2.05, 4.69) is 25.9 Å². The van der Waals surface area contributed by atoms with Crippen molar-refractivity contribution in [3.05, 3.63) is 59.0 Å². The minimum atomic E-state index is 0.525. The summed E-state index contributed by atoms with van der Waals surface area (Å²) in [4.78, 5) is 15.9. The Morgan fingerprint density at radius 2 is 1.88 bits per heavy atom. The first-order chi connectivity index (χ1) is 15.6. The quantitative estimate of drug-likeness (QED) is 0.635. The van der Waals surface area contributed by atoms with Crippen LogP contribution in [0.3, 0.4) is 0 Å². The topological polar surface area (TPSA) is 110 Å². The van der Waals surface area contributed by atoms with E-state index < -0.39 is 0 Å². The fourth-order valence-corrected chi connectivity index (χ4v) is 3.62. The summed E-state index contributed by atoms with van der Waals surface area (Å²) in [5.74, 6) is 2.55. The van der Waals surface area contributed by atoms with E-state index in [0.29, 0.717) is 42.6 Å². The molecule has 1 aliphatic rings. The van der Waals surface area contributed by atoms with Gasteiger partial charge in [-0.1, -0.05) is 0 Å². The number of anilines is 1. The molecule has 3 aromatic rings. The molecule has 0 aliphatic carbocycles. The SMILES string of the molecule is Cc1cc(Oc2cc(C#N)c(C)cc2-c2ncc(CCN)cn2)cc(N2CCOCC2)n1. The standard InChI is InChI=1S/C24H26N6O2/c1-16-9-21(24-27-14-18(3-4-25)15-28-24)22(11-19(16)13-26)32-20-10-17(2)29-23(12-20)30-5-7-31-8-6-30/h9-12,14-15H,3-8,25H2,1-2H3. The second-order valence-corrected chi connectivity index (χ2v) is 7.73. The molecule has 0 spiro atoms. The Hall–Kier alpha value is -3.54. The smallest absolute Gasteiger partial charge is 0.162 e. The maximum Gasteiger partial charge on any atom is 0.162 e. The lowest BCUT2D eigenvalue weighted by Gasteiger charge is -2.28. The van der Waals surface area contributed by atoms with Gasteiger partial charge in [-0.3, -0.25) is 0 Å². The van der Waals surface area contributed by atoms with Crippen LogP contribution in [0.5, 0.6) is 11.5 Å². The molecule has 0 radical (unpaired) electrons. The Labute approximate surface area is 187 Å². The number of nitriles is 1. The van der Waals surface area contributed by atoms with Crippen LogP contribution in [0.1, 0.15) is 22.4 Å². The third-order valence-electron chi connectivity index (χ3n) is 5.30. The number of rotatable bonds is 6. The molecule has 4 rings (SSSR count). The van der Waals surface area contributed by atoms with E-state index in [1.807, 2.05) is 32.0 Å². The van der Waals surface area contributed by atoms with Crippen LogP contribution in [-0.2, 0) is 11.2 Å². The predicted octanol–water partition coefficient (Wildman–Crippen LogP) is 3.16. The van der Waals surface area contributed by atoms with Crippen LogP contribution in [0.25, 0.3) is 11.4 Å². The number of nitrogens with zero attached hydrogens (tertiary/aromatic N) is 5. The van der Waals surface area contributed by atoms with Crippen LogP contribution in [0.4, 0.5) is 5.82 Å². The maximum atomic E-state index is 9.55. The molecule has 2 N–H and O–H groups in total. The van der Waals surface area contributed by atoms with Gasteiger partial charge in [-0.25, -0.2) is 15.0 Å². The number of hydrogen-bond donors (Lipinski definition) is 1. The van der Waals surface area contributed by atoms with Crippen LogP contribution in [0.15, 0.2) is 36.7 Å². The second-order valence-electron chi connectivity index (χ2n) is 7.73. The number of pyridine rings is 1. The summed E-state index contributed by atoms with van der Waals surface area (Å²) >= 11 is 0. The van der Waals surface area contributed by atoms with E-state index >= 15 is 0 Å². The van der Waals surface area contributed by atoms with E-state index in [1.165, 1.54) is 0 Å². The number of hydrogen-bond acceptors (Lipinski definition) is 8. The lowest BCUT2D eigenvalue weighted by atomic mass is 10.0. The maximum absolute atomic E-state index is 9.55. The van der Waals surface area contributed by atoms with Crippen LogP contribution < -0.4 is 15.4 Å². The zero-order valence-electron chi connectivity index (χ0n) is 18.3. The Kier molecular flexibility index (Phi) is 6.59. The van der Waals surface area contributed by atoms with Crippen molar-refractivity contribution in [1.82, 2.24) is 15.0 Å². The highest BCUT2D eigenvalue weighted by atomic mass is 16.5. The predicted molar refractivity (Wildman–Crippen MR) is 122 cm³/mol. The summed E-state index contributed by atoms with van der Waals surface area (Å²) < 4.78 is 11.8. The largest absolute Gasteiger partial charge is 0.456 e. The van der Waals surface area contributed by atoms with Gasteiger partial charge in [0.2, 0.25) is 0 Å². The van der Waals surface area contributed by atoms with E-state index in [1.54, 1.807) is 18.5 Å². The van der Waals surface area contributed by atoms with Crippen molar-refractivity contribution < 1.29 is 9.47 Å². The van der Waals surface area contributed by atoms with Gasteiger partial charge in [0.15, 0.2) is 5.82 Å². The first-order valence-electron chi connectivity index (χ1n) is 10.6.